The summed E-state index contributed by atoms with van der Waals surface area (Å²) in [5.74, 6) is -0.409. The van der Waals surface area contributed by atoms with Gasteiger partial charge in [0.05, 0.1) is 6.54 Å². The molecule has 2 N–H and O–H groups in total. The molecule has 0 aliphatic heterocycles. The predicted molar refractivity (Wildman–Crippen MR) is 110 cm³/mol. The highest BCUT2D eigenvalue weighted by Gasteiger charge is 2.13. The molecule has 2 aromatic carbocycles. The minimum Gasteiger partial charge on any atom is -0.354 e. The molecule has 0 aliphatic rings. The Kier molecular flexibility index (Phi) is 6.78. The summed E-state index contributed by atoms with van der Waals surface area (Å²) in [6.45, 7) is 11.0. The molecule has 4 nitrogen and oxygen atoms in total. The first-order valence-electron chi connectivity index (χ1n) is 9.38. The largest absolute Gasteiger partial charge is 0.354 e. The molecule has 0 bridgehead atoms. The average molecular weight is 367 g/mol. The Morgan fingerprint density at radius 2 is 1.48 bits per heavy atom. The van der Waals surface area contributed by atoms with Crippen LogP contribution in [0.1, 0.15) is 53.4 Å². The van der Waals surface area contributed by atoms with Gasteiger partial charge in [-0.05, 0) is 48.9 Å². The Morgan fingerprint density at radius 3 is 2.04 bits per heavy atom. The Bertz CT molecular complexity index is 782. The van der Waals surface area contributed by atoms with Crippen LogP contribution in [0.4, 0.5) is 0 Å². The first kappa shape index (κ1) is 20.7. The summed E-state index contributed by atoms with van der Waals surface area (Å²) in [4.78, 5) is 24.1. The van der Waals surface area contributed by atoms with E-state index in [1.165, 1.54) is 11.1 Å². The molecule has 0 saturated heterocycles. The lowest BCUT2D eigenvalue weighted by Crippen LogP contribution is -2.37. The summed E-state index contributed by atoms with van der Waals surface area (Å²) >= 11 is 0. The summed E-state index contributed by atoms with van der Waals surface area (Å²) in [5.41, 5.74) is 5.26. The Labute approximate surface area is 162 Å². The molecule has 0 unspecified atom stereocenters. The molecule has 2 amide bonds. The van der Waals surface area contributed by atoms with Crippen LogP contribution in [0.15, 0.2) is 42.5 Å². The van der Waals surface area contributed by atoms with Gasteiger partial charge in [-0.2, -0.15) is 0 Å². The van der Waals surface area contributed by atoms with Crippen molar-refractivity contribution < 1.29 is 9.59 Å². The highest BCUT2D eigenvalue weighted by Crippen LogP contribution is 2.22. The van der Waals surface area contributed by atoms with E-state index >= 15 is 0 Å². The second-order valence-electron chi connectivity index (χ2n) is 8.11. The van der Waals surface area contributed by atoms with Crippen LogP contribution in [-0.4, -0.2) is 24.9 Å². The third-order valence-corrected chi connectivity index (χ3v) is 4.45. The molecule has 0 aliphatic carbocycles. The van der Waals surface area contributed by atoms with E-state index in [0.717, 1.165) is 17.5 Å². The topological polar surface area (TPSA) is 58.2 Å². The molecule has 0 spiro atoms. The van der Waals surface area contributed by atoms with Crippen molar-refractivity contribution >= 4 is 11.8 Å². The fourth-order valence-corrected chi connectivity index (χ4v) is 2.95. The lowest BCUT2D eigenvalue weighted by Gasteiger charge is -2.19. The van der Waals surface area contributed by atoms with Crippen LogP contribution in [0.2, 0.25) is 0 Å². The molecule has 0 aromatic heterocycles. The SMILES string of the molecule is Cc1cc(C)cc(C(=O)NCC(=O)NCCc2ccc(C(C)(C)C)cc2)c1. The fourth-order valence-electron chi connectivity index (χ4n) is 2.95. The number of carbonyl (C=O) groups is 2. The lowest BCUT2D eigenvalue weighted by atomic mass is 9.86. The summed E-state index contributed by atoms with van der Waals surface area (Å²) < 4.78 is 0. The number of hydrogen-bond acceptors (Lipinski definition) is 2. The highest BCUT2D eigenvalue weighted by molar-refractivity contribution is 5.96. The molecule has 0 radical (unpaired) electrons. The van der Waals surface area contributed by atoms with E-state index in [1.54, 1.807) is 0 Å². The zero-order valence-corrected chi connectivity index (χ0v) is 17.0. The number of amides is 2. The molecule has 0 saturated carbocycles. The van der Waals surface area contributed by atoms with Crippen molar-refractivity contribution in [2.75, 3.05) is 13.1 Å². The molecule has 4 heteroatoms. The Balaban J connectivity index is 1.75. The molecule has 2 rings (SSSR count). The summed E-state index contributed by atoms with van der Waals surface area (Å²) in [6, 6.07) is 14.1. The van der Waals surface area contributed by atoms with Gasteiger partial charge >= 0.3 is 0 Å². The van der Waals surface area contributed by atoms with Gasteiger partial charge < -0.3 is 10.6 Å². The van der Waals surface area contributed by atoms with Gasteiger partial charge in [0, 0.05) is 12.1 Å². The Morgan fingerprint density at radius 1 is 0.889 bits per heavy atom. The van der Waals surface area contributed by atoms with E-state index in [9.17, 15) is 9.59 Å². The van der Waals surface area contributed by atoms with E-state index in [0.29, 0.717) is 12.1 Å². The van der Waals surface area contributed by atoms with E-state index in [4.69, 9.17) is 0 Å². The second kappa shape index (κ2) is 8.85. The van der Waals surface area contributed by atoms with Gasteiger partial charge in [-0.25, -0.2) is 0 Å². The first-order chi connectivity index (χ1) is 12.6. The third-order valence-electron chi connectivity index (χ3n) is 4.45. The van der Waals surface area contributed by atoms with Gasteiger partial charge in [0.1, 0.15) is 0 Å². The van der Waals surface area contributed by atoms with Crippen LogP contribution in [0, 0.1) is 13.8 Å². The molecule has 27 heavy (non-hydrogen) atoms. The number of benzene rings is 2. The highest BCUT2D eigenvalue weighted by atomic mass is 16.2. The number of aryl methyl sites for hydroxylation is 2. The summed E-state index contributed by atoms with van der Waals surface area (Å²) in [7, 11) is 0. The van der Waals surface area contributed by atoms with E-state index in [-0.39, 0.29) is 23.8 Å². The maximum Gasteiger partial charge on any atom is 0.251 e. The molecular formula is C23H30N2O2. The van der Waals surface area contributed by atoms with Crippen LogP contribution >= 0.6 is 0 Å². The smallest absolute Gasteiger partial charge is 0.251 e. The van der Waals surface area contributed by atoms with Gasteiger partial charge in [0.2, 0.25) is 5.91 Å². The van der Waals surface area contributed by atoms with E-state index in [2.05, 4.69) is 55.7 Å². The van der Waals surface area contributed by atoms with Gasteiger partial charge in [-0.3, -0.25) is 9.59 Å². The maximum absolute atomic E-state index is 12.2. The molecule has 0 heterocycles. The van der Waals surface area contributed by atoms with Crippen LogP contribution in [0.3, 0.4) is 0 Å². The third kappa shape index (κ3) is 6.55. The van der Waals surface area contributed by atoms with Crippen LogP contribution in [0.25, 0.3) is 0 Å². The number of nitrogens with one attached hydrogen (secondary N) is 2. The zero-order chi connectivity index (χ0) is 20.0. The first-order valence-corrected chi connectivity index (χ1v) is 9.38. The van der Waals surface area contributed by atoms with Crippen LogP contribution in [-0.2, 0) is 16.6 Å². The van der Waals surface area contributed by atoms with Crippen molar-refractivity contribution in [2.24, 2.45) is 0 Å². The summed E-state index contributed by atoms with van der Waals surface area (Å²) in [6.07, 6.45) is 0.765. The van der Waals surface area contributed by atoms with Gasteiger partial charge in [-0.1, -0.05) is 62.2 Å². The summed E-state index contributed by atoms with van der Waals surface area (Å²) in [5, 5.41) is 5.53. The van der Waals surface area contributed by atoms with Crippen LogP contribution < -0.4 is 10.6 Å². The minimum absolute atomic E-state index is 0.0191. The minimum atomic E-state index is -0.227. The normalized spacial score (nSPS) is 11.1. The predicted octanol–water partition coefficient (Wildman–Crippen LogP) is 3.69. The number of rotatable bonds is 6. The molecule has 2 aromatic rings. The number of hydrogen-bond donors (Lipinski definition) is 2. The molecule has 0 atom stereocenters. The van der Waals surface area contributed by atoms with Crippen molar-refractivity contribution in [1.82, 2.24) is 10.6 Å². The molecule has 144 valence electrons. The van der Waals surface area contributed by atoms with E-state index in [1.807, 2.05) is 32.0 Å². The van der Waals surface area contributed by atoms with Crippen molar-refractivity contribution in [3.63, 3.8) is 0 Å². The molecule has 0 fully saturated rings. The van der Waals surface area contributed by atoms with Crippen LogP contribution in [0.5, 0.6) is 0 Å². The van der Waals surface area contributed by atoms with Crippen molar-refractivity contribution in [2.45, 2.75) is 46.5 Å². The Hall–Kier alpha value is -2.62. The average Bonchev–Trinajstić information content (AvgIpc) is 2.58. The second-order valence-corrected chi connectivity index (χ2v) is 8.11. The standard InChI is InChI=1S/C23H30N2O2/c1-16-12-17(2)14-19(13-16)22(27)25-15-21(26)24-11-10-18-6-8-20(9-7-18)23(3,4)5/h6-9,12-14H,10-11,15H2,1-5H3,(H,24,26)(H,25,27). The lowest BCUT2D eigenvalue weighted by molar-refractivity contribution is -0.120. The van der Waals surface area contributed by atoms with E-state index < -0.39 is 0 Å². The van der Waals surface area contributed by atoms with Crippen molar-refractivity contribution in [1.29, 1.82) is 0 Å². The van der Waals surface area contributed by atoms with Gasteiger partial charge in [-0.15, -0.1) is 0 Å². The fraction of sp³-hybridized carbons (Fsp3) is 0.391. The van der Waals surface area contributed by atoms with Crippen molar-refractivity contribution in [3.8, 4) is 0 Å². The van der Waals surface area contributed by atoms with Gasteiger partial charge in [0.15, 0.2) is 0 Å². The maximum atomic E-state index is 12.2. The quantitative estimate of drug-likeness (QED) is 0.819. The monoisotopic (exact) mass is 366 g/mol. The number of carbonyl (C=O) groups excluding carboxylic acids is 2. The van der Waals surface area contributed by atoms with Gasteiger partial charge in [0.25, 0.3) is 5.91 Å². The molecular weight excluding hydrogens is 336 g/mol. The zero-order valence-electron chi connectivity index (χ0n) is 17.0. The van der Waals surface area contributed by atoms with Crippen molar-refractivity contribution in [3.05, 3.63) is 70.3 Å².